The maximum absolute atomic E-state index is 5.91. The lowest BCUT2D eigenvalue weighted by molar-refractivity contribution is 0.215. The van der Waals surface area contributed by atoms with Gasteiger partial charge in [0, 0.05) is 6.54 Å². The van der Waals surface area contributed by atoms with Crippen molar-refractivity contribution >= 4 is 0 Å². The van der Waals surface area contributed by atoms with E-state index in [9.17, 15) is 0 Å². The van der Waals surface area contributed by atoms with Gasteiger partial charge in [0.1, 0.15) is 17.6 Å². The summed E-state index contributed by atoms with van der Waals surface area (Å²) in [6, 6.07) is 12.3. The first-order valence-corrected chi connectivity index (χ1v) is 7.68. The van der Waals surface area contributed by atoms with E-state index < -0.39 is 0 Å². The number of hydrogen-bond donors (Lipinski definition) is 1. The van der Waals surface area contributed by atoms with E-state index in [1.54, 1.807) is 6.26 Å². The minimum absolute atomic E-state index is 0.120. The van der Waals surface area contributed by atoms with Gasteiger partial charge in [-0.25, -0.2) is 0 Å². The van der Waals surface area contributed by atoms with Gasteiger partial charge in [0.05, 0.1) is 12.8 Å². The Morgan fingerprint density at radius 3 is 2.52 bits per heavy atom. The molecular weight excluding hydrogens is 262 g/mol. The van der Waals surface area contributed by atoms with Crippen LogP contribution in [0.1, 0.15) is 44.4 Å². The number of hydrogen-bond acceptors (Lipinski definition) is 3. The quantitative estimate of drug-likeness (QED) is 0.783. The van der Waals surface area contributed by atoms with Crippen LogP contribution in [-0.2, 0) is 6.54 Å². The molecular formula is C18H25NO2. The molecule has 0 radical (unpaired) electrons. The molecule has 3 nitrogen and oxygen atoms in total. The van der Waals surface area contributed by atoms with E-state index in [1.165, 1.54) is 5.56 Å². The average molecular weight is 287 g/mol. The molecule has 1 heterocycles. The zero-order valence-corrected chi connectivity index (χ0v) is 13.1. The fourth-order valence-electron chi connectivity index (χ4n) is 2.20. The van der Waals surface area contributed by atoms with E-state index in [4.69, 9.17) is 9.15 Å². The summed E-state index contributed by atoms with van der Waals surface area (Å²) in [5.41, 5.74) is 1.37. The molecule has 21 heavy (non-hydrogen) atoms. The third-order valence-corrected chi connectivity index (χ3v) is 3.71. The molecule has 3 heteroatoms. The third kappa shape index (κ3) is 4.94. The van der Waals surface area contributed by atoms with Crippen molar-refractivity contribution < 1.29 is 9.15 Å². The molecule has 114 valence electrons. The SMILES string of the molecule is CCC(C)c1ccc(OC(C)CNCc2ccco2)cc1. The smallest absolute Gasteiger partial charge is 0.119 e. The predicted molar refractivity (Wildman–Crippen MR) is 85.7 cm³/mol. The van der Waals surface area contributed by atoms with Crippen LogP contribution >= 0.6 is 0 Å². The van der Waals surface area contributed by atoms with Gasteiger partial charge in [0.25, 0.3) is 0 Å². The highest BCUT2D eigenvalue weighted by atomic mass is 16.5. The minimum atomic E-state index is 0.120. The molecule has 0 aliphatic carbocycles. The molecule has 2 atom stereocenters. The van der Waals surface area contributed by atoms with Crippen molar-refractivity contribution in [2.45, 2.75) is 45.8 Å². The summed E-state index contributed by atoms with van der Waals surface area (Å²) in [5.74, 6) is 2.47. The summed E-state index contributed by atoms with van der Waals surface area (Å²) in [4.78, 5) is 0. The van der Waals surface area contributed by atoms with Crippen molar-refractivity contribution in [1.29, 1.82) is 0 Å². The second-order valence-corrected chi connectivity index (χ2v) is 5.52. The lowest BCUT2D eigenvalue weighted by atomic mass is 9.99. The number of nitrogens with one attached hydrogen (secondary N) is 1. The summed E-state index contributed by atoms with van der Waals surface area (Å²) >= 11 is 0. The van der Waals surface area contributed by atoms with Crippen LogP contribution in [0.4, 0.5) is 0 Å². The summed E-state index contributed by atoms with van der Waals surface area (Å²) in [5, 5.41) is 3.33. The molecule has 2 aromatic rings. The zero-order valence-electron chi connectivity index (χ0n) is 13.1. The van der Waals surface area contributed by atoms with Gasteiger partial charge in [0.2, 0.25) is 0 Å². The summed E-state index contributed by atoms with van der Waals surface area (Å²) in [7, 11) is 0. The van der Waals surface area contributed by atoms with Gasteiger partial charge >= 0.3 is 0 Å². The first-order chi connectivity index (χ1) is 10.2. The highest BCUT2D eigenvalue weighted by molar-refractivity contribution is 5.29. The summed E-state index contributed by atoms with van der Waals surface area (Å²) < 4.78 is 11.2. The number of rotatable bonds is 8. The standard InChI is InChI=1S/C18H25NO2/c1-4-14(2)16-7-9-17(10-8-16)21-15(3)12-19-13-18-6-5-11-20-18/h5-11,14-15,19H,4,12-13H2,1-3H3. The Labute approximate surface area is 127 Å². The molecule has 0 fully saturated rings. The van der Waals surface area contributed by atoms with Crippen molar-refractivity contribution in [3.63, 3.8) is 0 Å². The summed E-state index contributed by atoms with van der Waals surface area (Å²) in [6.07, 6.45) is 2.97. The Morgan fingerprint density at radius 1 is 1.14 bits per heavy atom. The molecule has 0 bridgehead atoms. The molecule has 2 unspecified atom stereocenters. The fraction of sp³-hybridized carbons (Fsp3) is 0.444. The van der Waals surface area contributed by atoms with Crippen LogP contribution in [0.15, 0.2) is 47.1 Å². The molecule has 2 rings (SSSR count). The van der Waals surface area contributed by atoms with E-state index in [2.05, 4.69) is 50.4 Å². The van der Waals surface area contributed by atoms with Crippen LogP contribution in [0.2, 0.25) is 0 Å². The largest absolute Gasteiger partial charge is 0.489 e. The second-order valence-electron chi connectivity index (χ2n) is 5.52. The van der Waals surface area contributed by atoms with E-state index in [0.717, 1.165) is 31.0 Å². The van der Waals surface area contributed by atoms with Gasteiger partial charge < -0.3 is 14.5 Å². The minimum Gasteiger partial charge on any atom is -0.489 e. The van der Waals surface area contributed by atoms with Crippen molar-refractivity contribution in [3.05, 3.63) is 54.0 Å². The van der Waals surface area contributed by atoms with Gasteiger partial charge in [-0.3, -0.25) is 0 Å². The van der Waals surface area contributed by atoms with E-state index in [-0.39, 0.29) is 6.10 Å². The van der Waals surface area contributed by atoms with Gasteiger partial charge in [0.15, 0.2) is 0 Å². The van der Waals surface area contributed by atoms with Crippen molar-refractivity contribution in [3.8, 4) is 5.75 Å². The molecule has 0 spiro atoms. The number of ether oxygens (including phenoxy) is 1. The topological polar surface area (TPSA) is 34.4 Å². The predicted octanol–water partition coefficient (Wildman–Crippen LogP) is 4.35. The molecule has 0 saturated carbocycles. The zero-order chi connectivity index (χ0) is 15.1. The molecule has 1 aromatic heterocycles. The second kappa shape index (κ2) is 7.89. The van der Waals surface area contributed by atoms with Gasteiger partial charge in [-0.15, -0.1) is 0 Å². The number of furan rings is 1. The normalized spacial score (nSPS) is 13.9. The van der Waals surface area contributed by atoms with Crippen LogP contribution in [0.5, 0.6) is 5.75 Å². The molecule has 0 saturated heterocycles. The molecule has 0 aliphatic heterocycles. The maximum atomic E-state index is 5.91. The molecule has 0 amide bonds. The van der Waals surface area contributed by atoms with Crippen molar-refractivity contribution in [2.24, 2.45) is 0 Å². The lowest BCUT2D eigenvalue weighted by Gasteiger charge is -2.16. The van der Waals surface area contributed by atoms with Crippen LogP contribution in [0.3, 0.4) is 0 Å². The lowest BCUT2D eigenvalue weighted by Crippen LogP contribution is -2.28. The maximum Gasteiger partial charge on any atom is 0.119 e. The fourth-order valence-corrected chi connectivity index (χ4v) is 2.20. The highest BCUT2D eigenvalue weighted by Crippen LogP contribution is 2.21. The first kappa shape index (κ1) is 15.6. The molecule has 0 aliphatic rings. The highest BCUT2D eigenvalue weighted by Gasteiger charge is 2.06. The Balaban J connectivity index is 1.75. The van der Waals surface area contributed by atoms with Gasteiger partial charge in [-0.05, 0) is 49.1 Å². The Bertz CT molecular complexity index is 505. The average Bonchev–Trinajstić information content (AvgIpc) is 3.00. The van der Waals surface area contributed by atoms with Crippen LogP contribution in [0.25, 0.3) is 0 Å². The van der Waals surface area contributed by atoms with Crippen LogP contribution < -0.4 is 10.1 Å². The van der Waals surface area contributed by atoms with Crippen LogP contribution in [-0.4, -0.2) is 12.6 Å². The monoisotopic (exact) mass is 287 g/mol. The Kier molecular flexibility index (Phi) is 5.88. The Morgan fingerprint density at radius 2 is 1.90 bits per heavy atom. The summed E-state index contributed by atoms with van der Waals surface area (Å²) in [6.45, 7) is 8.04. The van der Waals surface area contributed by atoms with Gasteiger partial charge in [-0.1, -0.05) is 26.0 Å². The third-order valence-electron chi connectivity index (χ3n) is 3.71. The number of benzene rings is 1. The van der Waals surface area contributed by atoms with Crippen LogP contribution in [0, 0.1) is 0 Å². The first-order valence-electron chi connectivity index (χ1n) is 7.68. The van der Waals surface area contributed by atoms with Gasteiger partial charge in [-0.2, -0.15) is 0 Å². The Hall–Kier alpha value is -1.74. The van der Waals surface area contributed by atoms with E-state index >= 15 is 0 Å². The van der Waals surface area contributed by atoms with E-state index in [0.29, 0.717) is 5.92 Å². The van der Waals surface area contributed by atoms with E-state index in [1.807, 2.05) is 12.1 Å². The molecule has 1 aromatic carbocycles. The van der Waals surface area contributed by atoms with Crippen molar-refractivity contribution in [2.75, 3.05) is 6.54 Å². The molecule has 1 N–H and O–H groups in total. The van der Waals surface area contributed by atoms with Crippen molar-refractivity contribution in [1.82, 2.24) is 5.32 Å².